The second-order valence-electron chi connectivity index (χ2n) is 8.94. The van der Waals surface area contributed by atoms with Crippen molar-refractivity contribution in [1.82, 2.24) is 5.32 Å². The van der Waals surface area contributed by atoms with Crippen molar-refractivity contribution in [1.29, 1.82) is 0 Å². The van der Waals surface area contributed by atoms with Crippen molar-refractivity contribution in [2.45, 2.75) is 31.6 Å². The number of dihydropyridines is 1. The van der Waals surface area contributed by atoms with Crippen molar-refractivity contribution < 1.29 is 14.0 Å². The lowest BCUT2D eigenvalue weighted by Gasteiger charge is -2.37. The van der Waals surface area contributed by atoms with Crippen LogP contribution in [0.3, 0.4) is 0 Å². The molecule has 1 heterocycles. The van der Waals surface area contributed by atoms with Gasteiger partial charge in [-0.2, -0.15) is 0 Å². The van der Waals surface area contributed by atoms with Crippen LogP contribution in [-0.4, -0.2) is 11.7 Å². The Kier molecular flexibility index (Phi) is 6.27. The van der Waals surface area contributed by atoms with E-state index in [-0.39, 0.29) is 23.4 Å². The van der Waals surface area contributed by atoms with Gasteiger partial charge in [0.1, 0.15) is 5.82 Å². The largest absolute Gasteiger partial charge is 0.362 e. The lowest BCUT2D eigenvalue weighted by molar-refractivity contribution is -0.116. The molecule has 1 amide bonds. The predicted octanol–water partition coefficient (Wildman–Crippen LogP) is 6.48. The van der Waals surface area contributed by atoms with E-state index in [9.17, 15) is 14.0 Å². The number of carbonyl (C=O) groups excluding carboxylic acids is 2. The fraction of sp³-hybridized carbons (Fsp3) is 0.172. The number of amides is 1. The number of carbonyl (C=O) groups is 2. The van der Waals surface area contributed by atoms with Crippen molar-refractivity contribution in [2.24, 2.45) is 0 Å². The van der Waals surface area contributed by atoms with E-state index in [1.807, 2.05) is 49.4 Å². The summed E-state index contributed by atoms with van der Waals surface area (Å²) in [6.07, 6.45) is 1.04. The van der Waals surface area contributed by atoms with Crippen LogP contribution < -0.4 is 10.6 Å². The number of rotatable bonds is 4. The zero-order valence-corrected chi connectivity index (χ0v) is 19.9. The number of nitrogens with one attached hydrogen (secondary N) is 2. The van der Waals surface area contributed by atoms with Crippen LogP contribution in [0.5, 0.6) is 0 Å². The molecule has 2 N–H and O–H groups in total. The summed E-state index contributed by atoms with van der Waals surface area (Å²) < 4.78 is 13.4. The molecule has 0 bridgehead atoms. The summed E-state index contributed by atoms with van der Waals surface area (Å²) in [4.78, 5) is 27.2. The fourth-order valence-electron chi connectivity index (χ4n) is 5.05. The van der Waals surface area contributed by atoms with Crippen molar-refractivity contribution >= 4 is 29.0 Å². The van der Waals surface area contributed by atoms with Gasteiger partial charge in [0.25, 0.3) is 5.91 Å². The SMILES string of the molecule is CC1=C(C(=O)Nc2ccc(F)cc2)[C@H](c2cccc(Cl)c2)C2=C(C[C@H](c3ccccc3)CC2=O)N1. The van der Waals surface area contributed by atoms with Gasteiger partial charge in [-0.25, -0.2) is 4.39 Å². The van der Waals surface area contributed by atoms with Crippen LogP contribution in [0.15, 0.2) is 101 Å². The van der Waals surface area contributed by atoms with E-state index < -0.39 is 5.92 Å². The Hall–Kier alpha value is -3.70. The molecular weight excluding hydrogens is 463 g/mol. The molecule has 2 atom stereocenters. The first-order valence-electron chi connectivity index (χ1n) is 11.5. The summed E-state index contributed by atoms with van der Waals surface area (Å²) in [5, 5.41) is 6.76. The Morgan fingerprint density at radius 1 is 0.971 bits per heavy atom. The van der Waals surface area contributed by atoms with E-state index in [1.165, 1.54) is 24.3 Å². The number of halogens is 2. The van der Waals surface area contributed by atoms with Gasteiger partial charge < -0.3 is 10.6 Å². The van der Waals surface area contributed by atoms with Crippen molar-refractivity contribution in [3.05, 3.63) is 123 Å². The van der Waals surface area contributed by atoms with Gasteiger partial charge in [-0.05, 0) is 66.8 Å². The zero-order chi connectivity index (χ0) is 24.5. The monoisotopic (exact) mass is 486 g/mol. The highest BCUT2D eigenvalue weighted by molar-refractivity contribution is 6.30. The highest BCUT2D eigenvalue weighted by Crippen LogP contribution is 2.46. The molecule has 35 heavy (non-hydrogen) atoms. The van der Waals surface area contributed by atoms with Crippen molar-refractivity contribution in [3.8, 4) is 0 Å². The minimum absolute atomic E-state index is 0.0113. The summed E-state index contributed by atoms with van der Waals surface area (Å²) in [5.41, 5.74) is 4.94. The van der Waals surface area contributed by atoms with E-state index in [0.717, 1.165) is 16.8 Å². The number of anilines is 1. The number of allylic oxidation sites excluding steroid dienone is 3. The Bertz CT molecular complexity index is 1360. The summed E-state index contributed by atoms with van der Waals surface area (Å²) in [6, 6.07) is 22.9. The maximum Gasteiger partial charge on any atom is 0.254 e. The third kappa shape index (κ3) is 4.64. The third-order valence-electron chi connectivity index (χ3n) is 6.63. The van der Waals surface area contributed by atoms with Gasteiger partial charge in [-0.3, -0.25) is 9.59 Å². The molecule has 6 heteroatoms. The molecule has 0 saturated heterocycles. The Balaban J connectivity index is 1.56. The Morgan fingerprint density at radius 2 is 1.69 bits per heavy atom. The standard InChI is InChI=1S/C29H24ClFN2O2/c1-17-26(29(35)33-23-12-10-22(31)11-13-23)27(19-8-5-9-21(30)14-19)28-24(32-17)15-20(16-25(28)34)18-6-3-2-4-7-18/h2-14,20,27,32H,15-16H2,1H3,(H,33,35)/t20-,27-/m0/s1. The molecule has 5 rings (SSSR count). The van der Waals surface area contributed by atoms with Gasteiger partial charge in [0.05, 0.1) is 0 Å². The van der Waals surface area contributed by atoms with Gasteiger partial charge in [-0.1, -0.05) is 54.1 Å². The van der Waals surface area contributed by atoms with E-state index >= 15 is 0 Å². The maximum absolute atomic E-state index is 13.6. The molecule has 0 spiro atoms. The van der Waals surface area contributed by atoms with Crippen LogP contribution in [0.1, 0.15) is 42.7 Å². The van der Waals surface area contributed by atoms with Gasteiger partial charge in [-0.15, -0.1) is 0 Å². The van der Waals surface area contributed by atoms with E-state index in [0.29, 0.717) is 40.4 Å². The first kappa shape index (κ1) is 23.1. The molecule has 0 radical (unpaired) electrons. The lowest BCUT2D eigenvalue weighted by atomic mass is 9.71. The number of hydrogen-bond donors (Lipinski definition) is 2. The summed E-state index contributed by atoms with van der Waals surface area (Å²) in [6.45, 7) is 1.84. The zero-order valence-electron chi connectivity index (χ0n) is 19.1. The molecule has 0 unspecified atom stereocenters. The van der Waals surface area contributed by atoms with E-state index in [4.69, 9.17) is 11.6 Å². The molecule has 3 aromatic carbocycles. The van der Waals surface area contributed by atoms with Crippen molar-refractivity contribution in [2.75, 3.05) is 5.32 Å². The number of Topliss-reactive ketones (excluding diaryl/α,β-unsaturated/α-hetero) is 1. The number of ketones is 1. The first-order valence-corrected chi connectivity index (χ1v) is 11.9. The summed E-state index contributed by atoms with van der Waals surface area (Å²) in [5.74, 6) is -1.22. The molecule has 4 nitrogen and oxygen atoms in total. The van der Waals surface area contributed by atoms with Crippen LogP contribution >= 0.6 is 11.6 Å². The van der Waals surface area contributed by atoms with Crippen molar-refractivity contribution in [3.63, 3.8) is 0 Å². The molecule has 1 aliphatic heterocycles. The van der Waals surface area contributed by atoms with E-state index in [1.54, 1.807) is 12.1 Å². The molecule has 3 aromatic rings. The van der Waals surface area contributed by atoms with Crippen LogP contribution in [0.25, 0.3) is 0 Å². The first-order chi connectivity index (χ1) is 16.9. The highest BCUT2D eigenvalue weighted by atomic mass is 35.5. The molecular formula is C29H24ClFN2O2. The molecule has 0 aromatic heterocycles. The third-order valence-corrected chi connectivity index (χ3v) is 6.86. The Morgan fingerprint density at radius 3 is 2.40 bits per heavy atom. The van der Waals surface area contributed by atoms with Crippen LogP contribution in [0.2, 0.25) is 5.02 Å². The second-order valence-corrected chi connectivity index (χ2v) is 9.38. The molecule has 0 saturated carbocycles. The average Bonchev–Trinajstić information content (AvgIpc) is 2.85. The summed E-state index contributed by atoms with van der Waals surface area (Å²) in [7, 11) is 0. The summed E-state index contributed by atoms with van der Waals surface area (Å²) >= 11 is 6.32. The maximum atomic E-state index is 13.6. The number of hydrogen-bond acceptors (Lipinski definition) is 3. The fourth-order valence-corrected chi connectivity index (χ4v) is 5.25. The second kappa shape index (κ2) is 9.51. The molecule has 1 aliphatic carbocycles. The topological polar surface area (TPSA) is 58.2 Å². The molecule has 0 fully saturated rings. The minimum atomic E-state index is -0.561. The normalized spacial score (nSPS) is 19.8. The van der Waals surface area contributed by atoms with Crippen LogP contribution in [-0.2, 0) is 9.59 Å². The van der Waals surface area contributed by atoms with Gasteiger partial charge in [0, 0.05) is 45.6 Å². The molecule has 176 valence electrons. The number of benzene rings is 3. The highest BCUT2D eigenvalue weighted by Gasteiger charge is 2.40. The smallest absolute Gasteiger partial charge is 0.254 e. The average molecular weight is 487 g/mol. The van der Waals surface area contributed by atoms with Gasteiger partial charge >= 0.3 is 0 Å². The lowest BCUT2D eigenvalue weighted by Crippen LogP contribution is -2.37. The van der Waals surface area contributed by atoms with Crippen LogP contribution in [0.4, 0.5) is 10.1 Å². The van der Waals surface area contributed by atoms with Crippen LogP contribution in [0, 0.1) is 5.82 Å². The van der Waals surface area contributed by atoms with Gasteiger partial charge in [0.15, 0.2) is 5.78 Å². The van der Waals surface area contributed by atoms with E-state index in [2.05, 4.69) is 10.6 Å². The quantitative estimate of drug-likeness (QED) is 0.443. The molecule has 2 aliphatic rings. The predicted molar refractivity (Wildman–Crippen MR) is 136 cm³/mol. The minimum Gasteiger partial charge on any atom is -0.362 e. The van der Waals surface area contributed by atoms with Gasteiger partial charge in [0.2, 0.25) is 0 Å². The Labute approximate surface area is 208 Å².